The van der Waals surface area contributed by atoms with Crippen molar-refractivity contribution in [2.75, 3.05) is 5.32 Å². The summed E-state index contributed by atoms with van der Waals surface area (Å²) in [6.45, 7) is 5.82. The highest BCUT2D eigenvalue weighted by Crippen LogP contribution is 2.22. The molecule has 1 heterocycles. The smallest absolute Gasteiger partial charge is 0.258 e. The molecule has 2 rings (SSSR count). The number of anilines is 1. The van der Waals surface area contributed by atoms with Crippen molar-refractivity contribution in [2.24, 2.45) is 0 Å². The van der Waals surface area contributed by atoms with Gasteiger partial charge in [-0.2, -0.15) is 0 Å². The highest BCUT2D eigenvalue weighted by atomic mass is 19.1. The number of hydrogen-bond donors (Lipinski definition) is 1. The minimum absolute atomic E-state index is 0.00521. The summed E-state index contributed by atoms with van der Waals surface area (Å²) in [6, 6.07) is 5.32. The van der Waals surface area contributed by atoms with E-state index in [0.29, 0.717) is 0 Å². The number of benzene rings is 1. The predicted molar refractivity (Wildman–Crippen MR) is 72.8 cm³/mol. The zero-order valence-electron chi connectivity index (χ0n) is 11.1. The van der Waals surface area contributed by atoms with E-state index in [1.54, 1.807) is 0 Å². The third kappa shape index (κ3) is 2.78. The number of halogens is 1. The molecule has 1 aromatic carbocycles. The largest absolute Gasteiger partial charge is 0.321 e. The van der Waals surface area contributed by atoms with Crippen LogP contribution in [0.2, 0.25) is 0 Å². The van der Waals surface area contributed by atoms with E-state index in [0.717, 1.165) is 28.6 Å². The van der Waals surface area contributed by atoms with Crippen molar-refractivity contribution in [1.29, 1.82) is 0 Å². The maximum Gasteiger partial charge on any atom is 0.258 e. The number of aryl methyl sites for hydroxylation is 3. The van der Waals surface area contributed by atoms with E-state index < -0.39 is 11.7 Å². The number of carbonyl (C=O) groups is 1. The van der Waals surface area contributed by atoms with Gasteiger partial charge in [0.2, 0.25) is 0 Å². The van der Waals surface area contributed by atoms with Crippen molar-refractivity contribution in [3.05, 3.63) is 58.7 Å². The van der Waals surface area contributed by atoms with Crippen molar-refractivity contribution in [1.82, 2.24) is 4.98 Å². The summed E-state index contributed by atoms with van der Waals surface area (Å²) < 4.78 is 13.5. The van der Waals surface area contributed by atoms with Gasteiger partial charge in [-0.05, 0) is 38.0 Å². The number of carbonyl (C=O) groups excluding carboxylic acids is 1. The lowest BCUT2D eigenvalue weighted by atomic mass is 10.0. The minimum atomic E-state index is -0.623. The van der Waals surface area contributed by atoms with E-state index >= 15 is 0 Å². The molecular formula is C15H15FN2O. The Morgan fingerprint density at radius 1 is 1.21 bits per heavy atom. The van der Waals surface area contributed by atoms with E-state index in [1.807, 2.05) is 32.9 Å². The highest BCUT2D eigenvalue weighted by Gasteiger charge is 2.13. The van der Waals surface area contributed by atoms with Crippen LogP contribution in [-0.2, 0) is 0 Å². The number of nitrogens with one attached hydrogen (secondary N) is 1. The van der Waals surface area contributed by atoms with Crippen LogP contribution in [0.25, 0.3) is 0 Å². The van der Waals surface area contributed by atoms with Gasteiger partial charge in [0.1, 0.15) is 0 Å². The summed E-state index contributed by atoms with van der Waals surface area (Å²) in [5.74, 6) is -1.09. The Morgan fingerprint density at radius 3 is 2.42 bits per heavy atom. The average Bonchev–Trinajstić information content (AvgIpc) is 2.34. The van der Waals surface area contributed by atoms with E-state index in [4.69, 9.17) is 0 Å². The molecule has 3 nitrogen and oxygen atoms in total. The normalized spacial score (nSPS) is 10.3. The van der Waals surface area contributed by atoms with Gasteiger partial charge >= 0.3 is 0 Å². The van der Waals surface area contributed by atoms with Gasteiger partial charge in [-0.3, -0.25) is 9.78 Å². The summed E-state index contributed by atoms with van der Waals surface area (Å²) in [5, 5.41) is 2.76. The lowest BCUT2D eigenvalue weighted by Crippen LogP contribution is -2.15. The molecule has 0 atom stereocenters. The molecule has 19 heavy (non-hydrogen) atoms. The molecule has 2 aromatic rings. The molecule has 0 radical (unpaired) electrons. The Balaban J connectivity index is 2.32. The van der Waals surface area contributed by atoms with Crippen LogP contribution in [0.3, 0.4) is 0 Å². The van der Waals surface area contributed by atoms with Gasteiger partial charge in [0.15, 0.2) is 5.82 Å². The fourth-order valence-electron chi connectivity index (χ4n) is 2.12. The van der Waals surface area contributed by atoms with Gasteiger partial charge in [-0.25, -0.2) is 4.39 Å². The first-order valence-electron chi connectivity index (χ1n) is 5.97. The fourth-order valence-corrected chi connectivity index (χ4v) is 2.12. The Labute approximate surface area is 111 Å². The standard InChI is InChI=1S/C15H15FN2O/c1-9-6-10(2)14(11(3)7-9)18-15(19)12-4-5-17-8-13(12)16/h4-8H,1-3H3,(H,18,19). The Kier molecular flexibility index (Phi) is 3.60. The molecule has 1 N–H and O–H groups in total. The van der Waals surface area contributed by atoms with Crippen molar-refractivity contribution in [2.45, 2.75) is 20.8 Å². The Bertz CT molecular complexity index is 615. The fraction of sp³-hybridized carbons (Fsp3) is 0.200. The van der Waals surface area contributed by atoms with Crippen LogP contribution in [-0.4, -0.2) is 10.9 Å². The SMILES string of the molecule is Cc1cc(C)c(NC(=O)c2ccncc2F)c(C)c1. The molecule has 0 saturated carbocycles. The summed E-state index contributed by atoms with van der Waals surface area (Å²) in [5.41, 5.74) is 3.77. The Hall–Kier alpha value is -2.23. The maximum atomic E-state index is 13.5. The minimum Gasteiger partial charge on any atom is -0.321 e. The van der Waals surface area contributed by atoms with Crippen molar-refractivity contribution >= 4 is 11.6 Å². The van der Waals surface area contributed by atoms with Gasteiger partial charge in [-0.1, -0.05) is 17.7 Å². The molecule has 0 aliphatic carbocycles. The highest BCUT2D eigenvalue weighted by molar-refractivity contribution is 6.05. The van der Waals surface area contributed by atoms with E-state index in [9.17, 15) is 9.18 Å². The predicted octanol–water partition coefficient (Wildman–Crippen LogP) is 3.40. The summed E-state index contributed by atoms with van der Waals surface area (Å²) in [4.78, 5) is 15.7. The zero-order chi connectivity index (χ0) is 14.0. The molecular weight excluding hydrogens is 243 g/mol. The third-order valence-electron chi connectivity index (χ3n) is 2.93. The second kappa shape index (κ2) is 5.18. The van der Waals surface area contributed by atoms with Crippen LogP contribution in [0.4, 0.5) is 10.1 Å². The van der Waals surface area contributed by atoms with Gasteiger partial charge < -0.3 is 5.32 Å². The number of amides is 1. The van der Waals surface area contributed by atoms with Crippen LogP contribution in [0.5, 0.6) is 0 Å². The molecule has 0 aliphatic heterocycles. The molecule has 0 fully saturated rings. The van der Waals surface area contributed by atoms with Crippen LogP contribution in [0.15, 0.2) is 30.6 Å². The molecule has 4 heteroatoms. The molecule has 98 valence electrons. The summed E-state index contributed by atoms with van der Waals surface area (Å²) in [7, 11) is 0. The van der Waals surface area contributed by atoms with Gasteiger partial charge in [0, 0.05) is 11.9 Å². The molecule has 1 aromatic heterocycles. The first-order valence-corrected chi connectivity index (χ1v) is 5.97. The second-order valence-electron chi connectivity index (χ2n) is 4.58. The van der Waals surface area contributed by atoms with Crippen LogP contribution >= 0.6 is 0 Å². The number of nitrogens with zero attached hydrogens (tertiary/aromatic N) is 1. The number of pyridine rings is 1. The summed E-state index contributed by atoms with van der Waals surface area (Å²) in [6.07, 6.45) is 2.43. The number of hydrogen-bond acceptors (Lipinski definition) is 2. The first kappa shape index (κ1) is 13.2. The number of aromatic nitrogens is 1. The average molecular weight is 258 g/mol. The summed E-state index contributed by atoms with van der Waals surface area (Å²) >= 11 is 0. The zero-order valence-corrected chi connectivity index (χ0v) is 11.1. The first-order chi connectivity index (χ1) is 8.99. The topological polar surface area (TPSA) is 42.0 Å². The van der Waals surface area contributed by atoms with Crippen LogP contribution in [0, 0.1) is 26.6 Å². The molecule has 0 bridgehead atoms. The van der Waals surface area contributed by atoms with Crippen LogP contribution < -0.4 is 5.32 Å². The monoisotopic (exact) mass is 258 g/mol. The lowest BCUT2D eigenvalue weighted by molar-refractivity contribution is 0.102. The number of rotatable bonds is 2. The quantitative estimate of drug-likeness (QED) is 0.897. The van der Waals surface area contributed by atoms with Crippen molar-refractivity contribution < 1.29 is 9.18 Å². The van der Waals surface area contributed by atoms with E-state index in [1.165, 1.54) is 12.3 Å². The van der Waals surface area contributed by atoms with Gasteiger partial charge in [-0.15, -0.1) is 0 Å². The molecule has 0 saturated heterocycles. The Morgan fingerprint density at radius 2 is 1.84 bits per heavy atom. The van der Waals surface area contributed by atoms with Gasteiger partial charge in [0.25, 0.3) is 5.91 Å². The van der Waals surface area contributed by atoms with E-state index in [-0.39, 0.29) is 5.56 Å². The molecule has 0 unspecified atom stereocenters. The van der Waals surface area contributed by atoms with Crippen molar-refractivity contribution in [3.8, 4) is 0 Å². The van der Waals surface area contributed by atoms with Crippen molar-refractivity contribution in [3.63, 3.8) is 0 Å². The van der Waals surface area contributed by atoms with Gasteiger partial charge in [0.05, 0.1) is 11.8 Å². The maximum absolute atomic E-state index is 13.5. The molecule has 0 spiro atoms. The lowest BCUT2D eigenvalue weighted by Gasteiger charge is -2.13. The second-order valence-corrected chi connectivity index (χ2v) is 4.58. The van der Waals surface area contributed by atoms with Crippen LogP contribution in [0.1, 0.15) is 27.0 Å². The molecule has 0 aliphatic rings. The third-order valence-corrected chi connectivity index (χ3v) is 2.93. The molecule has 1 amide bonds. The van der Waals surface area contributed by atoms with E-state index in [2.05, 4.69) is 10.3 Å².